The van der Waals surface area contributed by atoms with Crippen molar-refractivity contribution in [3.05, 3.63) is 83.6 Å². The molecule has 2 N–H and O–H groups in total. The number of carbonyl (C=O) groups is 1. The fourth-order valence-corrected chi connectivity index (χ4v) is 2.92. The summed E-state index contributed by atoms with van der Waals surface area (Å²) in [5, 5.41) is 15.0. The smallest absolute Gasteiger partial charge is 0.247 e. The molecule has 0 spiro atoms. The lowest BCUT2D eigenvalue weighted by molar-refractivity contribution is -0.122. The molecule has 0 bridgehead atoms. The predicted octanol–water partition coefficient (Wildman–Crippen LogP) is 3.44. The normalized spacial score (nSPS) is 11.1. The zero-order valence-electron chi connectivity index (χ0n) is 16.8. The zero-order chi connectivity index (χ0) is 21.3. The Balaban J connectivity index is 1.76. The summed E-state index contributed by atoms with van der Waals surface area (Å²) in [6.07, 6.45) is 1.46. The highest BCUT2D eigenvalue weighted by Crippen LogP contribution is 2.27. The van der Waals surface area contributed by atoms with Gasteiger partial charge >= 0.3 is 0 Å². The van der Waals surface area contributed by atoms with Gasteiger partial charge in [0.1, 0.15) is 17.9 Å². The number of carbonyl (C=O) groups excluding carboxylic acids is 1. The highest BCUT2D eigenvalue weighted by Gasteiger charge is 2.21. The molecule has 152 valence electrons. The first-order chi connectivity index (χ1) is 14.6. The number of aromatic nitrogens is 1. The van der Waals surface area contributed by atoms with E-state index >= 15 is 0 Å². The van der Waals surface area contributed by atoms with Crippen LogP contribution < -0.4 is 20.1 Å². The number of nitrogens with zero attached hydrogens (tertiary/aromatic N) is 2. The third-order valence-electron chi connectivity index (χ3n) is 4.49. The second-order valence-electron chi connectivity index (χ2n) is 6.44. The van der Waals surface area contributed by atoms with Crippen LogP contribution in [0.4, 0.5) is 5.82 Å². The van der Waals surface area contributed by atoms with Crippen LogP contribution in [0.15, 0.2) is 66.9 Å². The van der Waals surface area contributed by atoms with E-state index in [-0.39, 0.29) is 5.91 Å². The van der Waals surface area contributed by atoms with Crippen molar-refractivity contribution in [2.45, 2.75) is 12.6 Å². The number of hydrogen-bond acceptors (Lipinski definition) is 6. The molecule has 3 aromatic rings. The third-order valence-corrected chi connectivity index (χ3v) is 4.49. The van der Waals surface area contributed by atoms with Crippen molar-refractivity contribution in [2.75, 3.05) is 19.5 Å². The summed E-state index contributed by atoms with van der Waals surface area (Å²) >= 11 is 0. The number of methoxy groups -OCH3 is 2. The van der Waals surface area contributed by atoms with Gasteiger partial charge in [-0.25, -0.2) is 4.98 Å². The Morgan fingerprint density at radius 3 is 2.47 bits per heavy atom. The van der Waals surface area contributed by atoms with Crippen molar-refractivity contribution in [3.8, 4) is 17.6 Å². The van der Waals surface area contributed by atoms with Gasteiger partial charge in [0.2, 0.25) is 5.91 Å². The lowest BCUT2D eigenvalue weighted by atomic mass is 10.1. The van der Waals surface area contributed by atoms with Crippen LogP contribution in [0.5, 0.6) is 11.5 Å². The Kier molecular flexibility index (Phi) is 6.85. The van der Waals surface area contributed by atoms with Gasteiger partial charge in [-0.1, -0.05) is 36.4 Å². The first-order valence-corrected chi connectivity index (χ1v) is 9.31. The van der Waals surface area contributed by atoms with Crippen molar-refractivity contribution in [2.24, 2.45) is 0 Å². The van der Waals surface area contributed by atoms with Gasteiger partial charge in [-0.15, -0.1) is 0 Å². The molecule has 1 unspecified atom stereocenters. The average molecular weight is 402 g/mol. The topological polar surface area (TPSA) is 96.3 Å². The van der Waals surface area contributed by atoms with Crippen LogP contribution in [0, 0.1) is 11.3 Å². The molecule has 1 atom stereocenters. The fraction of sp³-hybridized carbons (Fsp3) is 0.174. The number of nitriles is 1. The quantitative estimate of drug-likeness (QED) is 0.599. The summed E-state index contributed by atoms with van der Waals surface area (Å²) in [5.41, 5.74) is 2.13. The molecule has 3 rings (SSSR count). The molecular weight excluding hydrogens is 380 g/mol. The summed E-state index contributed by atoms with van der Waals surface area (Å²) in [6.45, 7) is 0.324. The van der Waals surface area contributed by atoms with E-state index in [0.29, 0.717) is 29.4 Å². The number of anilines is 1. The van der Waals surface area contributed by atoms with Crippen molar-refractivity contribution < 1.29 is 14.3 Å². The predicted molar refractivity (Wildman–Crippen MR) is 113 cm³/mol. The minimum Gasteiger partial charge on any atom is -0.493 e. The Morgan fingerprint density at radius 1 is 1.07 bits per heavy atom. The maximum Gasteiger partial charge on any atom is 0.247 e. The molecule has 1 heterocycles. The van der Waals surface area contributed by atoms with E-state index in [1.54, 1.807) is 32.4 Å². The summed E-state index contributed by atoms with van der Waals surface area (Å²) in [6, 6.07) is 19.6. The minimum absolute atomic E-state index is 0.206. The average Bonchev–Trinajstić information content (AvgIpc) is 2.81. The molecule has 7 heteroatoms. The maximum atomic E-state index is 13.0. The van der Waals surface area contributed by atoms with Gasteiger partial charge in [-0.2, -0.15) is 5.26 Å². The Bertz CT molecular complexity index is 1030. The molecule has 0 saturated carbocycles. The molecule has 0 saturated heterocycles. The number of amides is 1. The standard InChI is InChI=1S/C23H22N4O3/c1-29-19-10-8-16(12-20(19)30-2)14-26-23(28)22(18-6-4-3-5-7-18)27-21-11-9-17(13-24)15-25-21/h3-12,15,22H,14H2,1-2H3,(H,25,27)(H,26,28). The molecule has 30 heavy (non-hydrogen) atoms. The number of rotatable bonds is 8. The van der Waals surface area contributed by atoms with Gasteiger partial charge < -0.3 is 20.1 Å². The SMILES string of the molecule is COc1ccc(CNC(=O)C(Nc2ccc(C#N)cn2)c2ccccc2)cc1OC. The van der Waals surface area contributed by atoms with Gasteiger partial charge in [0, 0.05) is 12.7 Å². The van der Waals surface area contributed by atoms with E-state index in [9.17, 15) is 4.79 Å². The molecular formula is C23H22N4O3. The molecule has 0 aliphatic heterocycles. The molecule has 1 amide bonds. The molecule has 2 aromatic carbocycles. The Hall–Kier alpha value is -4.05. The van der Waals surface area contributed by atoms with E-state index in [2.05, 4.69) is 15.6 Å². The van der Waals surface area contributed by atoms with Crippen LogP contribution in [0.3, 0.4) is 0 Å². The molecule has 0 fully saturated rings. The van der Waals surface area contributed by atoms with Crippen LogP contribution in [-0.2, 0) is 11.3 Å². The van der Waals surface area contributed by atoms with E-state index in [4.69, 9.17) is 14.7 Å². The lowest BCUT2D eigenvalue weighted by Gasteiger charge is -2.20. The zero-order valence-corrected chi connectivity index (χ0v) is 16.8. The van der Waals surface area contributed by atoms with E-state index < -0.39 is 6.04 Å². The number of nitrogens with one attached hydrogen (secondary N) is 2. The van der Waals surface area contributed by atoms with Gasteiger partial charge in [-0.3, -0.25) is 4.79 Å². The summed E-state index contributed by atoms with van der Waals surface area (Å²) in [4.78, 5) is 17.2. The third kappa shape index (κ3) is 5.06. The minimum atomic E-state index is -0.647. The molecule has 7 nitrogen and oxygen atoms in total. The van der Waals surface area contributed by atoms with Crippen molar-refractivity contribution in [1.29, 1.82) is 5.26 Å². The highest BCUT2D eigenvalue weighted by molar-refractivity contribution is 5.85. The maximum absolute atomic E-state index is 13.0. The number of hydrogen-bond donors (Lipinski definition) is 2. The number of pyridine rings is 1. The first kappa shape index (κ1) is 20.7. The fourth-order valence-electron chi connectivity index (χ4n) is 2.92. The first-order valence-electron chi connectivity index (χ1n) is 9.31. The van der Waals surface area contributed by atoms with Crippen LogP contribution >= 0.6 is 0 Å². The summed E-state index contributed by atoms with van der Waals surface area (Å²) in [7, 11) is 3.15. The molecule has 0 aliphatic carbocycles. The van der Waals surface area contributed by atoms with Gasteiger partial charge in [-0.05, 0) is 35.4 Å². The Labute approximate surface area is 175 Å². The highest BCUT2D eigenvalue weighted by atomic mass is 16.5. The Morgan fingerprint density at radius 2 is 1.83 bits per heavy atom. The molecule has 0 radical (unpaired) electrons. The van der Waals surface area contributed by atoms with Crippen LogP contribution in [-0.4, -0.2) is 25.1 Å². The van der Waals surface area contributed by atoms with Crippen LogP contribution in [0.2, 0.25) is 0 Å². The van der Waals surface area contributed by atoms with Crippen LogP contribution in [0.25, 0.3) is 0 Å². The number of ether oxygens (including phenoxy) is 2. The number of benzene rings is 2. The summed E-state index contributed by atoms with van der Waals surface area (Å²) in [5.74, 6) is 1.53. The van der Waals surface area contributed by atoms with E-state index in [0.717, 1.165) is 11.1 Å². The molecule has 0 aliphatic rings. The largest absolute Gasteiger partial charge is 0.493 e. The van der Waals surface area contributed by atoms with Crippen molar-refractivity contribution in [1.82, 2.24) is 10.3 Å². The lowest BCUT2D eigenvalue weighted by Crippen LogP contribution is -2.33. The van der Waals surface area contributed by atoms with Crippen LogP contribution in [0.1, 0.15) is 22.7 Å². The second kappa shape index (κ2) is 9.94. The summed E-state index contributed by atoms with van der Waals surface area (Å²) < 4.78 is 10.6. The second-order valence-corrected chi connectivity index (χ2v) is 6.44. The van der Waals surface area contributed by atoms with Gasteiger partial charge in [0.25, 0.3) is 0 Å². The van der Waals surface area contributed by atoms with Gasteiger partial charge in [0.05, 0.1) is 19.8 Å². The van der Waals surface area contributed by atoms with Crippen molar-refractivity contribution in [3.63, 3.8) is 0 Å². The van der Waals surface area contributed by atoms with Crippen molar-refractivity contribution >= 4 is 11.7 Å². The van der Waals surface area contributed by atoms with E-state index in [1.165, 1.54) is 6.20 Å². The van der Waals surface area contributed by atoms with E-state index in [1.807, 2.05) is 48.5 Å². The van der Waals surface area contributed by atoms with Gasteiger partial charge in [0.15, 0.2) is 11.5 Å². The molecule has 1 aromatic heterocycles. The monoisotopic (exact) mass is 402 g/mol.